The van der Waals surface area contributed by atoms with E-state index in [9.17, 15) is 9.59 Å². The third kappa shape index (κ3) is 5.37. The largest absolute Gasteiger partial charge is 0.468 e. The summed E-state index contributed by atoms with van der Waals surface area (Å²) in [5, 5.41) is 0. The maximum Gasteiger partial charge on any atom is 0.315 e. The molecule has 22 heavy (non-hydrogen) atoms. The third-order valence-corrected chi connectivity index (χ3v) is 4.25. The lowest BCUT2D eigenvalue weighted by molar-refractivity contribution is -0.137. The van der Waals surface area contributed by atoms with Crippen molar-refractivity contribution >= 4 is 29.3 Å². The quantitative estimate of drug-likeness (QED) is 0.570. The zero-order valence-corrected chi connectivity index (χ0v) is 14.8. The highest BCUT2D eigenvalue weighted by molar-refractivity contribution is 7.99. The summed E-state index contributed by atoms with van der Waals surface area (Å²) in [6.07, 6.45) is 0.410. The monoisotopic (exact) mass is 323 g/mol. The first-order chi connectivity index (χ1) is 10.4. The van der Waals surface area contributed by atoms with Crippen LogP contribution in [0, 0.1) is 13.8 Å². The minimum absolute atomic E-state index is 0.0843. The number of ether oxygens (including phenoxy) is 1. The number of amides is 1. The molecule has 1 aromatic carbocycles. The fourth-order valence-corrected chi connectivity index (χ4v) is 2.92. The van der Waals surface area contributed by atoms with Crippen molar-refractivity contribution < 1.29 is 14.3 Å². The topological polar surface area (TPSA) is 46.6 Å². The van der Waals surface area contributed by atoms with Gasteiger partial charge in [0, 0.05) is 23.9 Å². The van der Waals surface area contributed by atoms with Crippen molar-refractivity contribution in [1.82, 2.24) is 0 Å². The number of carbonyl (C=O) groups is 2. The van der Waals surface area contributed by atoms with Crippen molar-refractivity contribution in [2.75, 3.05) is 23.5 Å². The lowest BCUT2D eigenvalue weighted by atomic mass is 10.1. The van der Waals surface area contributed by atoms with Crippen LogP contribution >= 0.6 is 11.8 Å². The molecular weight excluding hydrogens is 298 g/mol. The van der Waals surface area contributed by atoms with Gasteiger partial charge in [0.2, 0.25) is 5.91 Å². The van der Waals surface area contributed by atoms with Crippen LogP contribution in [0.1, 0.15) is 31.4 Å². The van der Waals surface area contributed by atoms with Crippen molar-refractivity contribution in [3.05, 3.63) is 29.3 Å². The van der Waals surface area contributed by atoms with Gasteiger partial charge in [-0.25, -0.2) is 0 Å². The Morgan fingerprint density at radius 2 is 1.95 bits per heavy atom. The molecule has 0 heterocycles. The summed E-state index contributed by atoms with van der Waals surface area (Å²) in [6, 6.07) is 6.24. The Morgan fingerprint density at radius 1 is 1.27 bits per heavy atom. The van der Waals surface area contributed by atoms with Crippen LogP contribution in [0.25, 0.3) is 0 Å². The van der Waals surface area contributed by atoms with Gasteiger partial charge in [-0.3, -0.25) is 9.59 Å². The smallest absolute Gasteiger partial charge is 0.315 e. The Morgan fingerprint density at radius 3 is 2.55 bits per heavy atom. The van der Waals surface area contributed by atoms with E-state index in [1.54, 1.807) is 0 Å². The molecule has 0 N–H and O–H groups in total. The van der Waals surface area contributed by atoms with Gasteiger partial charge in [0.05, 0.1) is 12.9 Å². The Kier molecular flexibility index (Phi) is 7.45. The van der Waals surface area contributed by atoms with E-state index in [2.05, 4.69) is 10.8 Å². The van der Waals surface area contributed by atoms with Crippen LogP contribution in [0.3, 0.4) is 0 Å². The maximum absolute atomic E-state index is 12.6. The molecule has 0 fully saturated rings. The Labute approximate surface area is 137 Å². The minimum Gasteiger partial charge on any atom is -0.468 e. The lowest BCUT2D eigenvalue weighted by Gasteiger charge is -2.29. The molecule has 0 spiro atoms. The summed E-state index contributed by atoms with van der Waals surface area (Å²) in [4.78, 5) is 25.5. The molecule has 5 heteroatoms. The minimum atomic E-state index is -0.257. The summed E-state index contributed by atoms with van der Waals surface area (Å²) >= 11 is 1.42. The zero-order valence-electron chi connectivity index (χ0n) is 14.0. The fraction of sp³-hybridized carbons (Fsp3) is 0.529. The van der Waals surface area contributed by atoms with Gasteiger partial charge in [-0.15, -0.1) is 11.8 Å². The first kappa shape index (κ1) is 18.6. The van der Waals surface area contributed by atoms with Crippen LogP contribution < -0.4 is 4.90 Å². The van der Waals surface area contributed by atoms with Gasteiger partial charge < -0.3 is 9.64 Å². The Hall–Kier alpha value is -1.49. The first-order valence-electron chi connectivity index (χ1n) is 7.40. The predicted octanol–water partition coefficient (Wildman–Crippen LogP) is 3.34. The molecule has 0 aliphatic carbocycles. The average molecular weight is 323 g/mol. The SMILES string of the molecule is COC(=O)CSCCC(=O)N(c1cc(C)ccc1C)C(C)C. The lowest BCUT2D eigenvalue weighted by Crippen LogP contribution is -2.37. The number of anilines is 1. The van der Waals surface area contributed by atoms with Crippen LogP contribution in [-0.4, -0.2) is 36.5 Å². The number of hydrogen-bond donors (Lipinski definition) is 0. The van der Waals surface area contributed by atoms with Crippen molar-refractivity contribution in [3.63, 3.8) is 0 Å². The van der Waals surface area contributed by atoms with Crippen molar-refractivity contribution in [3.8, 4) is 0 Å². The summed E-state index contributed by atoms with van der Waals surface area (Å²) in [5.74, 6) is 0.727. The predicted molar refractivity (Wildman–Crippen MR) is 92.5 cm³/mol. The molecule has 122 valence electrons. The van der Waals surface area contributed by atoms with E-state index in [0.717, 1.165) is 16.8 Å². The van der Waals surface area contributed by atoms with Crippen molar-refractivity contribution in [2.45, 2.75) is 40.2 Å². The second kappa shape index (κ2) is 8.83. The van der Waals surface area contributed by atoms with Gasteiger partial charge in [-0.05, 0) is 44.9 Å². The molecule has 0 aliphatic rings. The van der Waals surface area contributed by atoms with Crippen LogP contribution in [0.5, 0.6) is 0 Å². The van der Waals surface area contributed by atoms with E-state index in [0.29, 0.717) is 12.2 Å². The second-order valence-electron chi connectivity index (χ2n) is 5.53. The molecular formula is C17H25NO3S. The molecule has 0 aromatic heterocycles. The standard InChI is InChI=1S/C17H25NO3S/c1-12(2)18(15-10-13(3)6-7-14(15)4)16(19)8-9-22-11-17(20)21-5/h6-7,10,12H,8-9,11H2,1-5H3. The van der Waals surface area contributed by atoms with E-state index in [4.69, 9.17) is 0 Å². The molecule has 0 saturated carbocycles. The highest BCUT2D eigenvalue weighted by Gasteiger charge is 2.20. The molecule has 0 radical (unpaired) electrons. The van der Waals surface area contributed by atoms with E-state index in [1.807, 2.05) is 44.7 Å². The van der Waals surface area contributed by atoms with Crippen molar-refractivity contribution in [1.29, 1.82) is 0 Å². The molecule has 0 saturated heterocycles. The third-order valence-electron chi connectivity index (χ3n) is 3.32. The number of rotatable bonds is 7. The molecule has 0 aliphatic heterocycles. The zero-order chi connectivity index (χ0) is 16.7. The highest BCUT2D eigenvalue weighted by Crippen LogP contribution is 2.24. The summed E-state index contributed by atoms with van der Waals surface area (Å²) in [6.45, 7) is 8.07. The van der Waals surface area contributed by atoms with E-state index in [1.165, 1.54) is 18.9 Å². The summed E-state index contributed by atoms with van der Waals surface area (Å²) in [5.41, 5.74) is 3.20. The van der Waals surface area contributed by atoms with Gasteiger partial charge in [0.15, 0.2) is 0 Å². The van der Waals surface area contributed by atoms with Crippen LogP contribution in [-0.2, 0) is 14.3 Å². The molecule has 1 aromatic rings. The number of aryl methyl sites for hydroxylation is 2. The average Bonchev–Trinajstić information content (AvgIpc) is 2.46. The summed E-state index contributed by atoms with van der Waals surface area (Å²) in [7, 11) is 1.37. The number of thioether (sulfide) groups is 1. The first-order valence-corrected chi connectivity index (χ1v) is 8.56. The summed E-state index contributed by atoms with van der Waals surface area (Å²) < 4.78 is 4.59. The van der Waals surface area contributed by atoms with Gasteiger partial charge in [-0.1, -0.05) is 12.1 Å². The second-order valence-corrected chi connectivity index (χ2v) is 6.63. The molecule has 1 amide bonds. The van der Waals surface area contributed by atoms with Gasteiger partial charge in [0.1, 0.15) is 0 Å². The van der Waals surface area contributed by atoms with Crippen molar-refractivity contribution in [2.24, 2.45) is 0 Å². The number of nitrogens with zero attached hydrogens (tertiary/aromatic N) is 1. The number of esters is 1. The van der Waals surface area contributed by atoms with Gasteiger partial charge in [-0.2, -0.15) is 0 Å². The number of benzene rings is 1. The molecule has 0 unspecified atom stereocenters. The molecule has 4 nitrogen and oxygen atoms in total. The van der Waals surface area contributed by atoms with E-state index >= 15 is 0 Å². The fourth-order valence-electron chi connectivity index (χ4n) is 2.17. The van der Waals surface area contributed by atoms with Gasteiger partial charge in [0.25, 0.3) is 0 Å². The normalized spacial score (nSPS) is 10.6. The van der Waals surface area contributed by atoms with E-state index < -0.39 is 0 Å². The molecule has 0 atom stereocenters. The van der Waals surface area contributed by atoms with Gasteiger partial charge >= 0.3 is 5.97 Å². The van der Waals surface area contributed by atoms with Crippen LogP contribution in [0.4, 0.5) is 5.69 Å². The number of carbonyl (C=O) groups excluding carboxylic acids is 2. The van der Waals surface area contributed by atoms with E-state index in [-0.39, 0.29) is 23.7 Å². The number of methoxy groups -OCH3 is 1. The van der Waals surface area contributed by atoms with Crippen LogP contribution in [0.15, 0.2) is 18.2 Å². The highest BCUT2D eigenvalue weighted by atomic mass is 32.2. The molecule has 1 rings (SSSR count). The molecule has 0 bridgehead atoms. The number of hydrogen-bond acceptors (Lipinski definition) is 4. The Bertz CT molecular complexity index is 529. The maximum atomic E-state index is 12.6. The Balaban J connectivity index is 2.72. The van der Waals surface area contributed by atoms with Crippen LogP contribution in [0.2, 0.25) is 0 Å².